The minimum atomic E-state index is -1.03. The molecular weight excluding hydrogens is 364 g/mol. The summed E-state index contributed by atoms with van der Waals surface area (Å²) in [6.07, 6.45) is 1.01. The van der Waals surface area contributed by atoms with E-state index >= 15 is 0 Å². The first-order chi connectivity index (χ1) is 13.1. The number of hydrazone groups is 1. The number of aromatic hydroxyl groups is 1. The molecule has 0 aliphatic carbocycles. The Morgan fingerprint density at radius 2 is 1.75 bits per heavy atom. The van der Waals surface area contributed by atoms with Gasteiger partial charge in [-0.15, -0.1) is 0 Å². The number of phenols is 1. The minimum Gasteiger partial charge on any atom is -0.507 e. The normalized spacial score (nSPS) is 11.2. The van der Waals surface area contributed by atoms with Crippen LogP contribution >= 0.6 is 0 Å². The van der Waals surface area contributed by atoms with Gasteiger partial charge in [-0.1, -0.05) is 32.9 Å². The number of anilines is 1. The minimum absolute atomic E-state index is 0.0210. The van der Waals surface area contributed by atoms with Crippen LogP contribution in [-0.4, -0.2) is 28.1 Å². The number of hydrogen-bond donors (Lipinski definition) is 3. The number of nitrogens with zero attached hydrogens (tertiary/aromatic N) is 2. The highest BCUT2D eigenvalue weighted by Gasteiger charge is 2.16. The van der Waals surface area contributed by atoms with Crippen molar-refractivity contribution in [3.63, 3.8) is 0 Å². The number of hydrogen-bond acceptors (Lipinski definition) is 6. The van der Waals surface area contributed by atoms with Crippen molar-refractivity contribution in [2.45, 2.75) is 26.2 Å². The topological polar surface area (TPSA) is 134 Å². The van der Waals surface area contributed by atoms with Crippen molar-refractivity contribution in [3.8, 4) is 5.75 Å². The summed E-state index contributed by atoms with van der Waals surface area (Å²) in [5.74, 6) is -2.21. The molecule has 0 spiro atoms. The van der Waals surface area contributed by atoms with E-state index in [1.165, 1.54) is 0 Å². The zero-order chi connectivity index (χ0) is 20.9. The summed E-state index contributed by atoms with van der Waals surface area (Å²) in [7, 11) is 0. The molecule has 146 valence electrons. The average Bonchev–Trinajstić information content (AvgIpc) is 2.62. The second-order valence-electron chi connectivity index (χ2n) is 6.98. The smallest absolute Gasteiger partial charge is 0.329 e. The molecule has 2 aromatic rings. The SMILES string of the molecule is CC(C)(C)c1ccc(NC(=O)C(=O)N/N=C\c2cc([N+](=O)[O-])ccc2O)cc1. The first-order valence-electron chi connectivity index (χ1n) is 8.30. The van der Waals surface area contributed by atoms with Crippen molar-refractivity contribution < 1.29 is 19.6 Å². The molecule has 0 atom stereocenters. The molecule has 0 radical (unpaired) electrons. The fraction of sp³-hybridized carbons (Fsp3) is 0.211. The number of nitro groups is 1. The Morgan fingerprint density at radius 3 is 2.32 bits per heavy atom. The van der Waals surface area contributed by atoms with E-state index < -0.39 is 16.7 Å². The first-order valence-corrected chi connectivity index (χ1v) is 8.30. The number of carbonyl (C=O) groups excluding carboxylic acids is 2. The molecule has 2 aromatic carbocycles. The Morgan fingerprint density at radius 1 is 1.11 bits per heavy atom. The molecule has 0 aliphatic heterocycles. The van der Waals surface area contributed by atoms with E-state index in [4.69, 9.17) is 0 Å². The van der Waals surface area contributed by atoms with Crippen LogP contribution in [0.15, 0.2) is 47.6 Å². The van der Waals surface area contributed by atoms with E-state index in [1.54, 1.807) is 12.1 Å². The molecule has 0 fully saturated rings. The van der Waals surface area contributed by atoms with Crippen molar-refractivity contribution in [1.29, 1.82) is 0 Å². The van der Waals surface area contributed by atoms with Gasteiger partial charge in [0.05, 0.1) is 11.1 Å². The molecule has 0 saturated heterocycles. The predicted octanol–water partition coefficient (Wildman–Crippen LogP) is 2.69. The summed E-state index contributed by atoms with van der Waals surface area (Å²) in [5.41, 5.74) is 3.27. The summed E-state index contributed by atoms with van der Waals surface area (Å²) < 4.78 is 0. The summed E-state index contributed by atoms with van der Waals surface area (Å²) in [5, 5.41) is 26.4. The van der Waals surface area contributed by atoms with Crippen LogP contribution in [0.2, 0.25) is 0 Å². The molecule has 2 rings (SSSR count). The molecular formula is C19H20N4O5. The van der Waals surface area contributed by atoms with Crippen LogP contribution in [0, 0.1) is 10.1 Å². The van der Waals surface area contributed by atoms with Crippen molar-refractivity contribution >= 4 is 29.4 Å². The van der Waals surface area contributed by atoms with Gasteiger partial charge in [-0.3, -0.25) is 19.7 Å². The van der Waals surface area contributed by atoms with Crippen LogP contribution in [0.4, 0.5) is 11.4 Å². The van der Waals surface area contributed by atoms with Crippen LogP contribution in [0.1, 0.15) is 31.9 Å². The Hall–Kier alpha value is -3.75. The second kappa shape index (κ2) is 8.30. The maximum Gasteiger partial charge on any atom is 0.329 e. The zero-order valence-electron chi connectivity index (χ0n) is 15.6. The lowest BCUT2D eigenvalue weighted by Crippen LogP contribution is -2.32. The molecule has 2 amide bonds. The van der Waals surface area contributed by atoms with E-state index in [0.29, 0.717) is 5.69 Å². The Labute approximate surface area is 161 Å². The summed E-state index contributed by atoms with van der Waals surface area (Å²) >= 11 is 0. The lowest BCUT2D eigenvalue weighted by molar-refractivity contribution is -0.384. The molecule has 0 heterocycles. The van der Waals surface area contributed by atoms with Crippen LogP contribution < -0.4 is 10.7 Å². The molecule has 28 heavy (non-hydrogen) atoms. The summed E-state index contributed by atoms with van der Waals surface area (Å²) in [6, 6.07) is 10.4. The number of nitrogens with one attached hydrogen (secondary N) is 2. The van der Waals surface area contributed by atoms with Crippen LogP contribution in [0.25, 0.3) is 0 Å². The van der Waals surface area contributed by atoms with Gasteiger partial charge in [-0.2, -0.15) is 5.10 Å². The van der Waals surface area contributed by atoms with Gasteiger partial charge >= 0.3 is 11.8 Å². The highest BCUT2D eigenvalue weighted by atomic mass is 16.6. The van der Waals surface area contributed by atoms with Gasteiger partial charge in [0.25, 0.3) is 5.69 Å². The fourth-order valence-corrected chi connectivity index (χ4v) is 2.21. The maximum atomic E-state index is 11.9. The summed E-state index contributed by atoms with van der Waals surface area (Å²) in [4.78, 5) is 33.8. The van der Waals surface area contributed by atoms with E-state index in [1.807, 2.05) is 17.6 Å². The van der Waals surface area contributed by atoms with Crippen molar-refractivity contribution in [2.75, 3.05) is 5.32 Å². The molecule has 0 saturated carbocycles. The van der Waals surface area contributed by atoms with E-state index in [9.17, 15) is 24.8 Å². The van der Waals surface area contributed by atoms with Crippen molar-refractivity contribution in [2.24, 2.45) is 5.10 Å². The van der Waals surface area contributed by atoms with Gasteiger partial charge in [0.15, 0.2) is 0 Å². The third-order valence-electron chi connectivity index (χ3n) is 3.81. The fourth-order valence-electron chi connectivity index (χ4n) is 2.21. The maximum absolute atomic E-state index is 11.9. The van der Waals surface area contributed by atoms with Gasteiger partial charge < -0.3 is 10.4 Å². The molecule has 9 heteroatoms. The monoisotopic (exact) mass is 384 g/mol. The molecule has 0 aliphatic rings. The molecule has 9 nitrogen and oxygen atoms in total. The highest BCUT2D eigenvalue weighted by Crippen LogP contribution is 2.23. The largest absolute Gasteiger partial charge is 0.507 e. The van der Waals surface area contributed by atoms with Crippen molar-refractivity contribution in [1.82, 2.24) is 5.43 Å². The third-order valence-corrected chi connectivity index (χ3v) is 3.81. The molecule has 0 unspecified atom stereocenters. The zero-order valence-corrected chi connectivity index (χ0v) is 15.6. The number of rotatable bonds is 4. The quantitative estimate of drug-likeness (QED) is 0.322. The van der Waals surface area contributed by atoms with Gasteiger partial charge in [0, 0.05) is 23.4 Å². The van der Waals surface area contributed by atoms with Gasteiger partial charge in [0.1, 0.15) is 5.75 Å². The third kappa shape index (κ3) is 5.37. The second-order valence-corrected chi connectivity index (χ2v) is 6.98. The lowest BCUT2D eigenvalue weighted by atomic mass is 9.87. The highest BCUT2D eigenvalue weighted by molar-refractivity contribution is 6.39. The van der Waals surface area contributed by atoms with Crippen LogP contribution in [0.3, 0.4) is 0 Å². The number of amides is 2. The lowest BCUT2D eigenvalue weighted by Gasteiger charge is -2.19. The molecule has 0 bridgehead atoms. The van der Waals surface area contributed by atoms with Crippen LogP contribution in [0.5, 0.6) is 5.75 Å². The number of nitro benzene ring substituents is 1. The Kier molecular flexibility index (Phi) is 6.09. The van der Waals surface area contributed by atoms with E-state index in [2.05, 4.69) is 31.2 Å². The van der Waals surface area contributed by atoms with Crippen LogP contribution in [-0.2, 0) is 15.0 Å². The predicted molar refractivity (Wildman–Crippen MR) is 104 cm³/mol. The van der Waals surface area contributed by atoms with Gasteiger partial charge in [-0.05, 0) is 29.2 Å². The van der Waals surface area contributed by atoms with Gasteiger partial charge in [0.2, 0.25) is 0 Å². The Bertz CT molecular complexity index is 930. The van der Waals surface area contributed by atoms with Gasteiger partial charge in [-0.25, -0.2) is 5.43 Å². The number of benzene rings is 2. The molecule has 0 aromatic heterocycles. The average molecular weight is 384 g/mol. The standard InChI is InChI=1S/C19H20N4O5/c1-19(2,3)13-4-6-14(7-5-13)21-17(25)18(26)22-20-11-12-10-15(23(27)28)8-9-16(12)24/h4-11,24H,1-3H3,(H,21,25)(H,22,26)/b20-11-. The van der Waals surface area contributed by atoms with E-state index in [0.717, 1.165) is 30.0 Å². The first kappa shape index (κ1) is 20.6. The Balaban J connectivity index is 1.98. The molecule has 3 N–H and O–H groups in total. The van der Waals surface area contributed by atoms with E-state index in [-0.39, 0.29) is 22.4 Å². The number of phenolic OH excluding ortho intramolecular Hbond substituents is 1. The number of non-ortho nitro benzene ring substituents is 1. The summed E-state index contributed by atoms with van der Waals surface area (Å²) in [6.45, 7) is 6.18. The van der Waals surface area contributed by atoms with Crippen molar-refractivity contribution in [3.05, 3.63) is 63.7 Å². The number of carbonyl (C=O) groups is 2.